The van der Waals surface area contributed by atoms with Crippen molar-refractivity contribution in [3.63, 3.8) is 0 Å². The van der Waals surface area contributed by atoms with Crippen LogP contribution in [-0.2, 0) is 16.8 Å². The molecule has 1 aliphatic heterocycles. The van der Waals surface area contributed by atoms with Gasteiger partial charge in [0.25, 0.3) is 10.2 Å². The van der Waals surface area contributed by atoms with Crippen molar-refractivity contribution in [1.29, 1.82) is 0 Å². The first kappa shape index (κ1) is 19.2. The maximum absolute atomic E-state index is 12.1. The van der Waals surface area contributed by atoms with Gasteiger partial charge in [-0.3, -0.25) is 0 Å². The Morgan fingerprint density at radius 2 is 2.04 bits per heavy atom. The summed E-state index contributed by atoms with van der Waals surface area (Å²) in [5.74, 6) is 1.18. The number of hydrogen-bond donors (Lipinski definition) is 1. The number of aromatic nitrogens is 4. The number of tetrazole rings is 1. The lowest BCUT2D eigenvalue weighted by Gasteiger charge is -2.21. The van der Waals surface area contributed by atoms with Gasteiger partial charge in [0.1, 0.15) is 5.82 Å². The minimum atomic E-state index is -3.39. The van der Waals surface area contributed by atoms with Gasteiger partial charge < -0.3 is 4.90 Å². The zero-order valence-electron chi connectivity index (χ0n) is 15.0. The number of hydrogen-bond acceptors (Lipinski definition) is 6. The Balaban J connectivity index is 1.88. The molecule has 1 saturated heterocycles. The van der Waals surface area contributed by atoms with Crippen LogP contribution in [0.4, 0.5) is 0 Å². The van der Waals surface area contributed by atoms with Crippen molar-refractivity contribution in [1.82, 2.24) is 34.1 Å². The quantitative estimate of drug-likeness (QED) is 0.660. The van der Waals surface area contributed by atoms with E-state index in [1.165, 1.54) is 4.31 Å². The van der Waals surface area contributed by atoms with E-state index in [-0.39, 0.29) is 6.04 Å². The van der Waals surface area contributed by atoms with Crippen molar-refractivity contribution >= 4 is 10.2 Å². The van der Waals surface area contributed by atoms with Crippen LogP contribution < -0.4 is 4.72 Å². The maximum Gasteiger partial charge on any atom is 0.279 e. The number of likely N-dealkylation sites (tertiary alicyclic amines) is 1. The summed E-state index contributed by atoms with van der Waals surface area (Å²) in [5, 5.41) is 11.5. The summed E-state index contributed by atoms with van der Waals surface area (Å²) in [6.07, 6.45) is 3.03. The van der Waals surface area contributed by atoms with Gasteiger partial charge in [-0.05, 0) is 42.7 Å². The van der Waals surface area contributed by atoms with Gasteiger partial charge in [-0.25, -0.2) is 4.68 Å². The molecular formula is C14H29N7O2S. The smallest absolute Gasteiger partial charge is 0.279 e. The largest absolute Gasteiger partial charge is 0.301 e. The van der Waals surface area contributed by atoms with E-state index in [9.17, 15) is 8.42 Å². The molecular weight excluding hydrogens is 330 g/mol. The van der Waals surface area contributed by atoms with Gasteiger partial charge in [0, 0.05) is 39.8 Å². The summed E-state index contributed by atoms with van der Waals surface area (Å²) >= 11 is 0. The van der Waals surface area contributed by atoms with Gasteiger partial charge in [-0.1, -0.05) is 13.3 Å². The van der Waals surface area contributed by atoms with Crippen molar-refractivity contribution in [2.45, 2.75) is 45.7 Å². The van der Waals surface area contributed by atoms with Gasteiger partial charge in [0.2, 0.25) is 0 Å². The molecule has 0 bridgehead atoms. The van der Waals surface area contributed by atoms with Crippen LogP contribution in [0.25, 0.3) is 0 Å². The lowest BCUT2D eigenvalue weighted by Crippen LogP contribution is -2.45. The highest BCUT2D eigenvalue weighted by Gasteiger charge is 2.34. The summed E-state index contributed by atoms with van der Waals surface area (Å²) in [6, 6.07) is -0.0212. The van der Waals surface area contributed by atoms with Crippen LogP contribution >= 0.6 is 0 Å². The van der Waals surface area contributed by atoms with Crippen molar-refractivity contribution in [3.05, 3.63) is 5.82 Å². The maximum atomic E-state index is 12.1. The Morgan fingerprint density at radius 3 is 2.62 bits per heavy atom. The highest BCUT2D eigenvalue weighted by atomic mass is 32.2. The molecule has 10 heteroatoms. The second-order valence-corrected chi connectivity index (χ2v) is 8.54. The summed E-state index contributed by atoms with van der Waals surface area (Å²) < 4.78 is 30.1. The molecule has 0 spiro atoms. The minimum Gasteiger partial charge on any atom is -0.301 e. The molecule has 0 unspecified atom stereocenters. The first-order valence-electron chi connectivity index (χ1n) is 8.48. The van der Waals surface area contributed by atoms with Crippen LogP contribution in [0.15, 0.2) is 0 Å². The summed E-state index contributed by atoms with van der Waals surface area (Å²) in [6.45, 7) is 7.41. The summed E-state index contributed by atoms with van der Waals surface area (Å²) in [4.78, 5) is 2.34. The number of nitrogens with one attached hydrogen (secondary N) is 1. The predicted octanol–water partition coefficient (Wildman–Crippen LogP) is -0.132. The highest BCUT2D eigenvalue weighted by Crippen LogP contribution is 2.23. The lowest BCUT2D eigenvalue weighted by molar-refractivity contribution is 0.304. The van der Waals surface area contributed by atoms with E-state index >= 15 is 0 Å². The van der Waals surface area contributed by atoms with Gasteiger partial charge in [0.05, 0.1) is 0 Å². The summed E-state index contributed by atoms with van der Waals surface area (Å²) in [7, 11) is -0.284. The molecule has 1 aromatic rings. The molecule has 138 valence electrons. The van der Waals surface area contributed by atoms with E-state index in [0.29, 0.717) is 5.92 Å². The topological polar surface area (TPSA) is 96.2 Å². The van der Waals surface area contributed by atoms with Crippen LogP contribution in [0.3, 0.4) is 0 Å². The van der Waals surface area contributed by atoms with E-state index in [1.807, 2.05) is 6.92 Å². The minimum absolute atomic E-state index is 0.0212. The first-order valence-corrected chi connectivity index (χ1v) is 9.92. The van der Waals surface area contributed by atoms with Crippen LogP contribution in [-0.4, -0.2) is 77.6 Å². The number of rotatable bonds is 9. The third-order valence-electron chi connectivity index (χ3n) is 4.51. The zero-order valence-corrected chi connectivity index (χ0v) is 15.8. The Labute approximate surface area is 144 Å². The normalized spacial score (nSPS) is 22.5. The molecule has 0 amide bonds. The Hall–Kier alpha value is -1.10. The standard InChI is InChI=1S/C14H29N7O2S/c1-5-7-13-10-20(8-6-9-21-12(2)15-17-18-21)11-14(13)16-24(22,23)19(3)4/h13-14,16H,5-11H2,1-4H3/t13-,14-/m1/s1. The van der Waals surface area contributed by atoms with Gasteiger partial charge >= 0.3 is 0 Å². The van der Waals surface area contributed by atoms with Gasteiger partial charge in [0.15, 0.2) is 0 Å². The highest BCUT2D eigenvalue weighted by molar-refractivity contribution is 7.87. The first-order chi connectivity index (χ1) is 11.3. The van der Waals surface area contributed by atoms with Gasteiger partial charge in [-0.2, -0.15) is 17.4 Å². The molecule has 1 aliphatic rings. The fourth-order valence-electron chi connectivity index (χ4n) is 3.14. The van der Waals surface area contributed by atoms with Crippen molar-refractivity contribution < 1.29 is 8.42 Å². The molecule has 0 saturated carbocycles. The average molecular weight is 360 g/mol. The molecule has 1 aromatic heterocycles. The molecule has 9 nitrogen and oxygen atoms in total. The van der Waals surface area contributed by atoms with Crippen molar-refractivity contribution in [2.75, 3.05) is 33.7 Å². The summed E-state index contributed by atoms with van der Waals surface area (Å²) in [5.41, 5.74) is 0. The molecule has 2 rings (SSSR count). The van der Waals surface area contributed by atoms with Crippen molar-refractivity contribution in [2.24, 2.45) is 5.92 Å². The lowest BCUT2D eigenvalue weighted by atomic mass is 9.99. The fourth-order valence-corrected chi connectivity index (χ4v) is 4.00. The third kappa shape index (κ3) is 4.95. The fraction of sp³-hybridized carbons (Fsp3) is 0.929. The van der Waals surface area contributed by atoms with Crippen molar-refractivity contribution in [3.8, 4) is 0 Å². The molecule has 0 radical (unpaired) electrons. The predicted molar refractivity (Wildman–Crippen MR) is 91.5 cm³/mol. The molecule has 2 heterocycles. The third-order valence-corrected chi connectivity index (χ3v) is 6.07. The van der Waals surface area contributed by atoms with E-state index in [4.69, 9.17) is 0 Å². The monoisotopic (exact) mass is 359 g/mol. The SMILES string of the molecule is CCC[C@@H]1CN(CCCn2nnnc2C)C[C@H]1NS(=O)(=O)N(C)C. The zero-order chi connectivity index (χ0) is 17.7. The molecule has 1 N–H and O–H groups in total. The second-order valence-electron chi connectivity index (χ2n) is 6.62. The Bertz CT molecular complexity index is 616. The molecule has 1 fully saturated rings. The number of aryl methyl sites for hydroxylation is 2. The molecule has 24 heavy (non-hydrogen) atoms. The molecule has 0 aromatic carbocycles. The number of nitrogens with zero attached hydrogens (tertiary/aromatic N) is 6. The average Bonchev–Trinajstić information content (AvgIpc) is 3.06. The Kier molecular flexibility index (Phi) is 6.67. The van der Waals surface area contributed by atoms with Crippen LogP contribution in [0.5, 0.6) is 0 Å². The van der Waals surface area contributed by atoms with E-state index in [2.05, 4.69) is 32.1 Å². The second kappa shape index (κ2) is 8.32. The van der Waals surface area contributed by atoms with E-state index < -0.39 is 10.2 Å². The molecule has 2 atom stereocenters. The van der Waals surface area contributed by atoms with Crippen LogP contribution in [0.2, 0.25) is 0 Å². The Morgan fingerprint density at radius 1 is 1.29 bits per heavy atom. The van der Waals surface area contributed by atoms with E-state index in [0.717, 1.165) is 51.3 Å². The van der Waals surface area contributed by atoms with Gasteiger partial charge in [-0.15, -0.1) is 5.10 Å². The van der Waals surface area contributed by atoms with Crippen LogP contribution in [0.1, 0.15) is 32.0 Å². The molecule has 0 aliphatic carbocycles. The van der Waals surface area contributed by atoms with E-state index in [1.54, 1.807) is 18.8 Å². The van der Waals surface area contributed by atoms with Crippen LogP contribution in [0, 0.1) is 12.8 Å².